The molecule has 0 spiro atoms. The lowest BCUT2D eigenvalue weighted by molar-refractivity contribution is 0.0304. The molecule has 0 aliphatic carbocycles. The SMILES string of the molecule is CCNc1cc(C(=O)N2CCOCC2)c2ccccc2n1. The van der Waals surface area contributed by atoms with Gasteiger partial charge in [-0.3, -0.25) is 4.79 Å². The van der Waals surface area contributed by atoms with Gasteiger partial charge in [0.05, 0.1) is 24.3 Å². The second-order valence-electron chi connectivity index (χ2n) is 5.01. The number of hydrogen-bond acceptors (Lipinski definition) is 4. The van der Waals surface area contributed by atoms with Crippen LogP contribution >= 0.6 is 0 Å². The van der Waals surface area contributed by atoms with Gasteiger partial charge in [0, 0.05) is 25.0 Å². The van der Waals surface area contributed by atoms with Crippen molar-refractivity contribution < 1.29 is 9.53 Å². The van der Waals surface area contributed by atoms with Crippen molar-refractivity contribution in [3.63, 3.8) is 0 Å². The molecule has 0 radical (unpaired) electrons. The first-order valence-electron chi connectivity index (χ1n) is 7.30. The zero-order chi connectivity index (χ0) is 14.7. The van der Waals surface area contributed by atoms with Crippen molar-refractivity contribution in [3.8, 4) is 0 Å². The number of nitrogens with one attached hydrogen (secondary N) is 1. The number of fused-ring (bicyclic) bond motifs is 1. The first-order valence-corrected chi connectivity index (χ1v) is 7.30. The summed E-state index contributed by atoms with van der Waals surface area (Å²) in [6.07, 6.45) is 0. The number of morpholine rings is 1. The molecule has 1 aromatic heterocycles. The number of benzene rings is 1. The Bertz CT molecular complexity index is 651. The van der Waals surface area contributed by atoms with Gasteiger partial charge in [0.25, 0.3) is 5.91 Å². The minimum Gasteiger partial charge on any atom is -0.378 e. The van der Waals surface area contributed by atoms with Crippen LogP contribution in [0.1, 0.15) is 17.3 Å². The second-order valence-corrected chi connectivity index (χ2v) is 5.01. The van der Waals surface area contributed by atoms with Crippen LogP contribution < -0.4 is 5.32 Å². The van der Waals surface area contributed by atoms with E-state index in [-0.39, 0.29) is 5.91 Å². The van der Waals surface area contributed by atoms with Gasteiger partial charge in [-0.15, -0.1) is 0 Å². The molecule has 1 amide bonds. The predicted octanol–water partition coefficient (Wildman–Crippen LogP) is 2.14. The van der Waals surface area contributed by atoms with Crippen LogP contribution in [0.15, 0.2) is 30.3 Å². The van der Waals surface area contributed by atoms with E-state index in [0.29, 0.717) is 31.9 Å². The molecule has 1 aromatic carbocycles. The summed E-state index contributed by atoms with van der Waals surface area (Å²) in [4.78, 5) is 19.2. The average molecular weight is 285 g/mol. The lowest BCUT2D eigenvalue weighted by Gasteiger charge is -2.27. The Morgan fingerprint density at radius 2 is 2.10 bits per heavy atom. The van der Waals surface area contributed by atoms with Crippen molar-refractivity contribution in [3.05, 3.63) is 35.9 Å². The number of para-hydroxylation sites is 1. The Labute approximate surface area is 123 Å². The zero-order valence-corrected chi connectivity index (χ0v) is 12.1. The molecule has 1 fully saturated rings. The highest BCUT2D eigenvalue weighted by atomic mass is 16.5. The number of carbonyl (C=O) groups excluding carboxylic acids is 1. The van der Waals surface area contributed by atoms with Gasteiger partial charge in [0.15, 0.2) is 0 Å². The highest BCUT2D eigenvalue weighted by molar-refractivity contribution is 6.07. The van der Waals surface area contributed by atoms with Gasteiger partial charge in [-0.2, -0.15) is 0 Å². The van der Waals surface area contributed by atoms with Crippen molar-refractivity contribution >= 4 is 22.6 Å². The summed E-state index contributed by atoms with van der Waals surface area (Å²) >= 11 is 0. The van der Waals surface area contributed by atoms with E-state index in [2.05, 4.69) is 10.3 Å². The first kappa shape index (κ1) is 13.8. The molecule has 0 unspecified atom stereocenters. The van der Waals surface area contributed by atoms with Gasteiger partial charge in [-0.05, 0) is 19.1 Å². The van der Waals surface area contributed by atoms with E-state index in [1.54, 1.807) is 0 Å². The van der Waals surface area contributed by atoms with Gasteiger partial charge in [0.1, 0.15) is 5.82 Å². The third-order valence-corrected chi connectivity index (χ3v) is 3.60. The molecule has 21 heavy (non-hydrogen) atoms. The van der Waals surface area contributed by atoms with Crippen LogP contribution in [-0.2, 0) is 4.74 Å². The van der Waals surface area contributed by atoms with Crippen LogP contribution in [0, 0.1) is 0 Å². The van der Waals surface area contributed by atoms with Crippen molar-refractivity contribution in [1.82, 2.24) is 9.88 Å². The molecular formula is C16H19N3O2. The minimum atomic E-state index is 0.0519. The molecule has 1 aliphatic heterocycles. The Kier molecular flexibility index (Phi) is 4.01. The molecular weight excluding hydrogens is 266 g/mol. The number of anilines is 1. The number of nitrogens with zero attached hydrogens (tertiary/aromatic N) is 2. The van der Waals surface area contributed by atoms with E-state index < -0.39 is 0 Å². The number of aromatic nitrogens is 1. The summed E-state index contributed by atoms with van der Waals surface area (Å²) in [7, 11) is 0. The van der Waals surface area contributed by atoms with E-state index >= 15 is 0 Å². The topological polar surface area (TPSA) is 54.5 Å². The Morgan fingerprint density at radius 1 is 1.33 bits per heavy atom. The van der Waals surface area contributed by atoms with Crippen molar-refractivity contribution in [1.29, 1.82) is 0 Å². The summed E-state index contributed by atoms with van der Waals surface area (Å²) in [5, 5.41) is 4.09. The predicted molar refractivity (Wildman–Crippen MR) is 82.6 cm³/mol. The summed E-state index contributed by atoms with van der Waals surface area (Å²) in [6, 6.07) is 9.61. The molecule has 0 saturated carbocycles. The minimum absolute atomic E-state index is 0.0519. The lowest BCUT2D eigenvalue weighted by Crippen LogP contribution is -2.40. The Morgan fingerprint density at radius 3 is 2.86 bits per heavy atom. The highest BCUT2D eigenvalue weighted by Gasteiger charge is 2.21. The maximum absolute atomic E-state index is 12.8. The van der Waals surface area contributed by atoms with Gasteiger partial charge in [-0.1, -0.05) is 18.2 Å². The molecule has 5 nitrogen and oxygen atoms in total. The molecule has 2 aromatic rings. The molecule has 1 aliphatic rings. The Hall–Kier alpha value is -2.14. The smallest absolute Gasteiger partial charge is 0.254 e. The largest absolute Gasteiger partial charge is 0.378 e. The molecule has 0 bridgehead atoms. The van der Waals surface area contributed by atoms with Gasteiger partial charge in [-0.25, -0.2) is 4.98 Å². The van der Waals surface area contributed by atoms with Crippen LogP contribution in [0.2, 0.25) is 0 Å². The quantitative estimate of drug-likeness (QED) is 0.938. The van der Waals surface area contributed by atoms with Crippen LogP contribution in [0.3, 0.4) is 0 Å². The van der Waals surface area contributed by atoms with Crippen LogP contribution in [0.4, 0.5) is 5.82 Å². The molecule has 1 saturated heterocycles. The molecule has 1 N–H and O–H groups in total. The maximum Gasteiger partial charge on any atom is 0.254 e. The molecule has 3 rings (SSSR count). The summed E-state index contributed by atoms with van der Waals surface area (Å²) in [5.41, 5.74) is 1.55. The van der Waals surface area contributed by atoms with E-state index in [9.17, 15) is 4.79 Å². The Balaban J connectivity index is 2.04. The number of ether oxygens (including phenoxy) is 1. The molecule has 0 atom stereocenters. The summed E-state index contributed by atoms with van der Waals surface area (Å²) in [6.45, 7) is 5.29. The standard InChI is InChI=1S/C16H19N3O2/c1-2-17-15-11-13(12-5-3-4-6-14(12)18-15)16(20)19-7-9-21-10-8-19/h3-6,11H,2,7-10H2,1H3,(H,17,18). The van der Waals surface area contributed by atoms with Gasteiger partial charge >= 0.3 is 0 Å². The van der Waals surface area contributed by atoms with E-state index in [1.807, 2.05) is 42.2 Å². The molecule has 5 heteroatoms. The van der Waals surface area contributed by atoms with E-state index in [0.717, 1.165) is 23.3 Å². The number of amides is 1. The maximum atomic E-state index is 12.8. The monoisotopic (exact) mass is 285 g/mol. The number of hydrogen-bond donors (Lipinski definition) is 1. The number of carbonyl (C=O) groups is 1. The van der Waals surface area contributed by atoms with Crippen LogP contribution in [0.25, 0.3) is 10.9 Å². The van der Waals surface area contributed by atoms with Crippen molar-refractivity contribution in [2.75, 3.05) is 38.2 Å². The zero-order valence-electron chi connectivity index (χ0n) is 12.1. The van der Waals surface area contributed by atoms with Crippen LogP contribution in [-0.4, -0.2) is 48.6 Å². The fraction of sp³-hybridized carbons (Fsp3) is 0.375. The van der Waals surface area contributed by atoms with Gasteiger partial charge < -0.3 is 15.0 Å². The average Bonchev–Trinajstić information content (AvgIpc) is 2.54. The fourth-order valence-electron chi connectivity index (χ4n) is 2.56. The third-order valence-electron chi connectivity index (χ3n) is 3.60. The van der Waals surface area contributed by atoms with E-state index in [4.69, 9.17) is 4.74 Å². The fourth-order valence-corrected chi connectivity index (χ4v) is 2.56. The van der Waals surface area contributed by atoms with E-state index in [1.165, 1.54) is 0 Å². The first-order chi connectivity index (χ1) is 10.3. The highest BCUT2D eigenvalue weighted by Crippen LogP contribution is 2.22. The number of pyridine rings is 1. The van der Waals surface area contributed by atoms with Crippen LogP contribution in [0.5, 0.6) is 0 Å². The summed E-state index contributed by atoms with van der Waals surface area (Å²) in [5.74, 6) is 0.795. The van der Waals surface area contributed by atoms with Crippen molar-refractivity contribution in [2.24, 2.45) is 0 Å². The third kappa shape index (κ3) is 2.83. The van der Waals surface area contributed by atoms with Gasteiger partial charge in [0.2, 0.25) is 0 Å². The normalized spacial score (nSPS) is 15.2. The second kappa shape index (κ2) is 6.10. The molecule has 2 heterocycles. The number of rotatable bonds is 3. The molecule has 110 valence electrons. The van der Waals surface area contributed by atoms with Crippen molar-refractivity contribution in [2.45, 2.75) is 6.92 Å². The lowest BCUT2D eigenvalue weighted by atomic mass is 10.1. The summed E-state index contributed by atoms with van der Waals surface area (Å²) < 4.78 is 5.32.